The minimum absolute atomic E-state index is 0.374. The van der Waals surface area contributed by atoms with Gasteiger partial charge in [0.1, 0.15) is 5.76 Å². The highest BCUT2D eigenvalue weighted by atomic mass is 16.3. The number of nitrogens with one attached hydrogen (secondary N) is 1. The summed E-state index contributed by atoms with van der Waals surface area (Å²) in [6.07, 6.45) is 1.79. The van der Waals surface area contributed by atoms with E-state index < -0.39 is 0 Å². The molecule has 0 spiro atoms. The molecule has 2 heterocycles. The molecule has 0 radical (unpaired) electrons. The van der Waals surface area contributed by atoms with Crippen LogP contribution in [0.15, 0.2) is 22.8 Å². The Bertz CT molecular complexity index is 348. The molecule has 0 aliphatic carbocycles. The van der Waals surface area contributed by atoms with E-state index in [-0.39, 0.29) is 0 Å². The lowest BCUT2D eigenvalue weighted by molar-refractivity contribution is 0.0989. The summed E-state index contributed by atoms with van der Waals surface area (Å²) < 4.78 is 5.69. The Balaban J connectivity index is 2.09. The van der Waals surface area contributed by atoms with Gasteiger partial charge in [-0.2, -0.15) is 0 Å². The topological polar surface area (TPSA) is 31.7 Å². The maximum atomic E-state index is 5.69. The van der Waals surface area contributed by atoms with Gasteiger partial charge in [0.2, 0.25) is 0 Å². The molecule has 1 saturated heterocycles. The number of piperazine rings is 1. The van der Waals surface area contributed by atoms with Gasteiger partial charge < -0.3 is 14.6 Å². The average Bonchev–Trinajstić information content (AvgIpc) is 2.94. The molecule has 19 heavy (non-hydrogen) atoms. The fraction of sp³-hybridized carbons (Fsp3) is 0.733. The molecule has 1 aliphatic heterocycles. The zero-order valence-corrected chi connectivity index (χ0v) is 12.4. The van der Waals surface area contributed by atoms with E-state index in [1.165, 1.54) is 0 Å². The van der Waals surface area contributed by atoms with E-state index in [1.54, 1.807) is 6.26 Å². The Morgan fingerprint density at radius 1 is 1.47 bits per heavy atom. The summed E-state index contributed by atoms with van der Waals surface area (Å²) >= 11 is 0. The number of furan rings is 1. The van der Waals surface area contributed by atoms with Gasteiger partial charge in [0.25, 0.3) is 0 Å². The third-order valence-electron chi connectivity index (χ3n) is 4.04. The van der Waals surface area contributed by atoms with E-state index >= 15 is 0 Å². The number of likely N-dealkylation sites (N-methyl/N-ethyl adjacent to an activating group) is 1. The molecule has 2 rings (SSSR count). The molecule has 1 aromatic rings. The second-order valence-corrected chi connectivity index (χ2v) is 5.37. The Hall–Kier alpha value is -0.840. The molecule has 4 nitrogen and oxygen atoms in total. The first-order valence-electron chi connectivity index (χ1n) is 7.47. The van der Waals surface area contributed by atoms with Crippen LogP contribution in [0.1, 0.15) is 32.6 Å². The lowest BCUT2D eigenvalue weighted by Crippen LogP contribution is -2.52. The predicted molar refractivity (Wildman–Crippen MR) is 78.3 cm³/mol. The molecule has 1 fully saturated rings. The smallest absolute Gasteiger partial charge is 0.122 e. The van der Waals surface area contributed by atoms with Gasteiger partial charge in [-0.15, -0.1) is 0 Å². The molecule has 1 aliphatic rings. The highest BCUT2D eigenvalue weighted by Gasteiger charge is 2.27. The van der Waals surface area contributed by atoms with Crippen LogP contribution in [0, 0.1) is 0 Å². The van der Waals surface area contributed by atoms with Crippen molar-refractivity contribution in [3.63, 3.8) is 0 Å². The molecule has 2 unspecified atom stereocenters. The van der Waals surface area contributed by atoms with Crippen molar-refractivity contribution < 1.29 is 4.42 Å². The monoisotopic (exact) mass is 265 g/mol. The van der Waals surface area contributed by atoms with Crippen LogP contribution in [-0.4, -0.2) is 55.1 Å². The summed E-state index contributed by atoms with van der Waals surface area (Å²) in [7, 11) is 0. The van der Waals surface area contributed by atoms with Crippen LogP contribution in [0.25, 0.3) is 0 Å². The van der Waals surface area contributed by atoms with Crippen LogP contribution in [0.2, 0.25) is 0 Å². The highest BCUT2D eigenvalue weighted by molar-refractivity contribution is 5.06. The molecular formula is C15H27N3O. The maximum Gasteiger partial charge on any atom is 0.122 e. The van der Waals surface area contributed by atoms with E-state index in [0.29, 0.717) is 12.1 Å². The largest absolute Gasteiger partial charge is 0.468 e. The fourth-order valence-corrected chi connectivity index (χ4v) is 2.84. The normalized spacial score (nSPS) is 22.8. The van der Waals surface area contributed by atoms with Gasteiger partial charge in [-0.25, -0.2) is 0 Å². The zero-order chi connectivity index (χ0) is 13.7. The van der Waals surface area contributed by atoms with Crippen molar-refractivity contribution in [2.75, 3.05) is 39.3 Å². The maximum absolute atomic E-state index is 5.69. The summed E-state index contributed by atoms with van der Waals surface area (Å²) in [5.74, 6) is 1.10. The number of hydrogen-bond donors (Lipinski definition) is 1. The minimum atomic E-state index is 0.374. The fourth-order valence-electron chi connectivity index (χ4n) is 2.84. The summed E-state index contributed by atoms with van der Waals surface area (Å²) in [5, 5.41) is 3.51. The van der Waals surface area contributed by atoms with E-state index in [2.05, 4.69) is 42.0 Å². The van der Waals surface area contributed by atoms with Crippen molar-refractivity contribution in [3.05, 3.63) is 24.2 Å². The summed E-state index contributed by atoms with van der Waals surface area (Å²) in [5.41, 5.74) is 0. The third-order valence-corrected chi connectivity index (χ3v) is 4.04. The first kappa shape index (κ1) is 14.6. The number of hydrogen-bond acceptors (Lipinski definition) is 4. The second kappa shape index (κ2) is 7.08. The van der Waals surface area contributed by atoms with E-state index in [4.69, 9.17) is 4.42 Å². The molecule has 0 bridgehead atoms. The van der Waals surface area contributed by atoms with E-state index in [0.717, 1.165) is 45.0 Å². The molecule has 1 aromatic heterocycles. The second-order valence-electron chi connectivity index (χ2n) is 5.37. The van der Waals surface area contributed by atoms with Crippen LogP contribution in [0.3, 0.4) is 0 Å². The summed E-state index contributed by atoms with van der Waals surface area (Å²) in [6.45, 7) is 13.2. The van der Waals surface area contributed by atoms with Crippen molar-refractivity contribution in [1.82, 2.24) is 15.1 Å². The first-order valence-corrected chi connectivity index (χ1v) is 7.47. The van der Waals surface area contributed by atoms with Crippen LogP contribution < -0.4 is 5.32 Å². The van der Waals surface area contributed by atoms with Gasteiger partial charge in [0.15, 0.2) is 0 Å². The van der Waals surface area contributed by atoms with Crippen LogP contribution in [-0.2, 0) is 0 Å². The lowest BCUT2D eigenvalue weighted by atomic mass is 10.1. The predicted octanol–water partition coefficient (Wildman–Crippen LogP) is 1.96. The van der Waals surface area contributed by atoms with Crippen LogP contribution in [0.4, 0.5) is 0 Å². The Morgan fingerprint density at radius 3 is 2.84 bits per heavy atom. The van der Waals surface area contributed by atoms with Crippen molar-refractivity contribution in [2.45, 2.75) is 32.9 Å². The Labute approximate surface area is 116 Å². The van der Waals surface area contributed by atoms with Gasteiger partial charge >= 0.3 is 0 Å². The first-order chi connectivity index (χ1) is 9.24. The zero-order valence-electron chi connectivity index (χ0n) is 12.4. The highest BCUT2D eigenvalue weighted by Crippen LogP contribution is 2.23. The Kier molecular flexibility index (Phi) is 5.43. The Morgan fingerprint density at radius 2 is 2.26 bits per heavy atom. The van der Waals surface area contributed by atoms with E-state index in [9.17, 15) is 0 Å². The van der Waals surface area contributed by atoms with Crippen molar-refractivity contribution >= 4 is 0 Å². The minimum Gasteiger partial charge on any atom is -0.468 e. The van der Waals surface area contributed by atoms with Gasteiger partial charge in [0, 0.05) is 32.2 Å². The van der Waals surface area contributed by atoms with Crippen LogP contribution in [0.5, 0.6) is 0 Å². The van der Waals surface area contributed by atoms with Crippen molar-refractivity contribution in [2.24, 2.45) is 0 Å². The molecule has 2 atom stereocenters. The van der Waals surface area contributed by atoms with Gasteiger partial charge in [-0.05, 0) is 32.1 Å². The van der Waals surface area contributed by atoms with Crippen molar-refractivity contribution in [1.29, 1.82) is 0 Å². The summed E-state index contributed by atoms with van der Waals surface area (Å²) in [6, 6.07) is 5.04. The molecule has 4 heteroatoms. The molecule has 1 N–H and O–H groups in total. The third kappa shape index (κ3) is 3.81. The summed E-state index contributed by atoms with van der Waals surface area (Å²) in [4.78, 5) is 5.03. The number of nitrogens with zero attached hydrogens (tertiary/aromatic N) is 2. The standard InChI is InChI=1S/C15H27N3O/c1-4-17(5-2)12-14(15-7-6-10-19-15)18-9-8-16-13(3)11-18/h6-7,10,13-14,16H,4-5,8-9,11-12H2,1-3H3. The average molecular weight is 265 g/mol. The quantitative estimate of drug-likeness (QED) is 0.852. The van der Waals surface area contributed by atoms with Gasteiger partial charge in [-0.3, -0.25) is 4.90 Å². The van der Waals surface area contributed by atoms with Crippen molar-refractivity contribution in [3.8, 4) is 0 Å². The number of rotatable bonds is 6. The molecule has 108 valence electrons. The molecule has 0 saturated carbocycles. The molecule has 0 amide bonds. The van der Waals surface area contributed by atoms with Crippen LogP contribution >= 0.6 is 0 Å². The SMILES string of the molecule is CCN(CC)CC(c1ccco1)N1CCNC(C)C1. The van der Waals surface area contributed by atoms with E-state index in [1.807, 2.05) is 6.07 Å². The molecular weight excluding hydrogens is 238 g/mol. The lowest BCUT2D eigenvalue weighted by Gasteiger charge is -2.38. The van der Waals surface area contributed by atoms with Gasteiger partial charge in [0.05, 0.1) is 12.3 Å². The van der Waals surface area contributed by atoms with Gasteiger partial charge in [-0.1, -0.05) is 13.8 Å². The molecule has 0 aromatic carbocycles.